The normalized spacial score (nSPS) is 13.2. The van der Waals surface area contributed by atoms with Gasteiger partial charge >= 0.3 is 5.97 Å². The van der Waals surface area contributed by atoms with Gasteiger partial charge in [0.2, 0.25) is 10.0 Å². The lowest BCUT2D eigenvalue weighted by Crippen LogP contribution is -2.36. The molecule has 100 valence electrons. The van der Waals surface area contributed by atoms with Gasteiger partial charge < -0.3 is 5.11 Å². The summed E-state index contributed by atoms with van der Waals surface area (Å²) in [5.74, 6) is -1.02. The van der Waals surface area contributed by atoms with Crippen molar-refractivity contribution in [2.75, 3.05) is 0 Å². The molecule has 0 aliphatic heterocycles. The van der Waals surface area contributed by atoms with E-state index >= 15 is 0 Å². The van der Waals surface area contributed by atoms with Gasteiger partial charge in [0.15, 0.2) is 0 Å². The van der Waals surface area contributed by atoms with Crippen molar-refractivity contribution < 1.29 is 18.3 Å². The van der Waals surface area contributed by atoms with E-state index in [-0.39, 0.29) is 11.3 Å². The molecule has 1 aromatic rings. The van der Waals surface area contributed by atoms with E-state index in [0.717, 1.165) is 3.57 Å². The van der Waals surface area contributed by atoms with Crippen molar-refractivity contribution in [2.45, 2.75) is 30.7 Å². The Balaban J connectivity index is 2.86. The first kappa shape index (κ1) is 15.4. The Morgan fingerprint density at radius 3 is 2.39 bits per heavy atom. The topological polar surface area (TPSA) is 83.5 Å². The van der Waals surface area contributed by atoms with Crippen molar-refractivity contribution in [3.8, 4) is 0 Å². The van der Waals surface area contributed by atoms with Gasteiger partial charge in [-0.25, -0.2) is 13.1 Å². The second-order valence-electron chi connectivity index (χ2n) is 3.78. The summed E-state index contributed by atoms with van der Waals surface area (Å²) in [6, 6.07) is 5.78. The number of carbonyl (C=O) groups is 1. The third-order valence-corrected chi connectivity index (χ3v) is 4.62. The average Bonchev–Trinajstić information content (AvgIpc) is 2.27. The molecule has 0 aliphatic rings. The fourth-order valence-electron chi connectivity index (χ4n) is 1.38. The third-order valence-electron chi connectivity index (χ3n) is 2.36. The number of halogens is 1. The van der Waals surface area contributed by atoms with Gasteiger partial charge in [-0.05, 0) is 53.3 Å². The van der Waals surface area contributed by atoms with Crippen LogP contribution in [-0.4, -0.2) is 25.5 Å². The van der Waals surface area contributed by atoms with Gasteiger partial charge in [0, 0.05) is 9.61 Å². The lowest BCUT2D eigenvalue weighted by atomic mass is 10.2. The molecule has 0 bridgehead atoms. The van der Waals surface area contributed by atoms with Crippen molar-refractivity contribution in [2.24, 2.45) is 0 Å². The van der Waals surface area contributed by atoms with Crippen molar-refractivity contribution in [3.63, 3.8) is 0 Å². The maximum absolute atomic E-state index is 12.0. The fourth-order valence-corrected chi connectivity index (χ4v) is 3.06. The quantitative estimate of drug-likeness (QED) is 0.735. The molecule has 7 heteroatoms. The largest absolute Gasteiger partial charge is 0.481 e. The lowest BCUT2D eigenvalue weighted by molar-refractivity contribution is -0.137. The van der Waals surface area contributed by atoms with E-state index in [1.165, 1.54) is 12.1 Å². The number of nitrogens with one attached hydrogen (secondary N) is 1. The van der Waals surface area contributed by atoms with Gasteiger partial charge in [-0.2, -0.15) is 0 Å². The molecule has 0 amide bonds. The number of rotatable bonds is 6. The Bertz CT molecular complexity index is 512. The van der Waals surface area contributed by atoms with E-state index < -0.39 is 22.0 Å². The third kappa shape index (κ3) is 4.54. The van der Waals surface area contributed by atoms with E-state index in [1.54, 1.807) is 19.1 Å². The molecule has 0 radical (unpaired) electrons. The fraction of sp³-hybridized carbons (Fsp3) is 0.364. The van der Waals surface area contributed by atoms with Gasteiger partial charge in [-0.3, -0.25) is 4.79 Å². The maximum Gasteiger partial charge on any atom is 0.304 e. The van der Waals surface area contributed by atoms with Crippen LogP contribution in [-0.2, 0) is 14.8 Å². The number of carboxylic acid groups (broad SMARTS) is 1. The van der Waals surface area contributed by atoms with Crippen molar-refractivity contribution in [3.05, 3.63) is 27.8 Å². The zero-order valence-electron chi connectivity index (χ0n) is 9.76. The smallest absolute Gasteiger partial charge is 0.304 e. The summed E-state index contributed by atoms with van der Waals surface area (Å²) in [6.45, 7) is 1.74. The first-order valence-electron chi connectivity index (χ1n) is 5.35. The summed E-state index contributed by atoms with van der Waals surface area (Å²) in [6.07, 6.45) is 0.204. The summed E-state index contributed by atoms with van der Waals surface area (Å²) in [5.41, 5.74) is 0. The molecule has 5 nitrogen and oxygen atoms in total. The van der Waals surface area contributed by atoms with Crippen LogP contribution >= 0.6 is 22.6 Å². The molecule has 0 fully saturated rings. The summed E-state index contributed by atoms with van der Waals surface area (Å²) in [5, 5.41) is 8.68. The van der Waals surface area contributed by atoms with E-state index in [2.05, 4.69) is 27.3 Å². The van der Waals surface area contributed by atoms with Gasteiger partial charge in [0.1, 0.15) is 0 Å². The van der Waals surface area contributed by atoms with Crippen LogP contribution in [0.15, 0.2) is 29.2 Å². The molecule has 0 heterocycles. The van der Waals surface area contributed by atoms with E-state index in [4.69, 9.17) is 5.11 Å². The van der Waals surface area contributed by atoms with E-state index in [9.17, 15) is 13.2 Å². The monoisotopic (exact) mass is 383 g/mol. The number of benzene rings is 1. The molecule has 2 N–H and O–H groups in total. The minimum absolute atomic E-state index is 0.145. The molecule has 18 heavy (non-hydrogen) atoms. The average molecular weight is 383 g/mol. The highest BCUT2D eigenvalue weighted by Crippen LogP contribution is 2.13. The van der Waals surface area contributed by atoms with Crippen molar-refractivity contribution >= 4 is 38.6 Å². The van der Waals surface area contributed by atoms with Crippen LogP contribution in [0.25, 0.3) is 0 Å². The molecular weight excluding hydrogens is 369 g/mol. The molecule has 0 spiro atoms. The zero-order chi connectivity index (χ0) is 13.8. The van der Waals surface area contributed by atoms with Gasteiger partial charge in [0.25, 0.3) is 0 Å². The molecular formula is C11H14INO4S. The molecule has 0 aromatic heterocycles. The summed E-state index contributed by atoms with van der Waals surface area (Å²) >= 11 is 2.08. The van der Waals surface area contributed by atoms with Crippen LogP contribution < -0.4 is 4.72 Å². The molecule has 1 unspecified atom stereocenters. The Morgan fingerprint density at radius 2 is 1.94 bits per heavy atom. The Labute approximate surface area is 120 Å². The molecule has 0 saturated heterocycles. The van der Waals surface area contributed by atoms with E-state index in [0.29, 0.717) is 6.42 Å². The van der Waals surface area contributed by atoms with Crippen LogP contribution in [0.3, 0.4) is 0 Å². The zero-order valence-corrected chi connectivity index (χ0v) is 12.7. The Hall–Kier alpha value is -0.670. The maximum atomic E-state index is 12.0. The number of hydrogen-bond donors (Lipinski definition) is 2. The molecule has 0 saturated carbocycles. The molecule has 1 rings (SSSR count). The standard InChI is InChI=1S/C11H14INO4S/c1-2-9(7-11(14)15)13-18(16,17)10-5-3-8(12)4-6-10/h3-6,9,13H,2,7H2,1H3,(H,14,15). The second-order valence-corrected chi connectivity index (χ2v) is 6.74. The van der Waals surface area contributed by atoms with Crippen LogP contribution in [0.4, 0.5) is 0 Å². The molecule has 1 atom stereocenters. The van der Waals surface area contributed by atoms with E-state index in [1.807, 2.05) is 0 Å². The van der Waals surface area contributed by atoms with Crippen LogP contribution in [0.1, 0.15) is 19.8 Å². The number of hydrogen-bond acceptors (Lipinski definition) is 3. The Morgan fingerprint density at radius 1 is 1.39 bits per heavy atom. The van der Waals surface area contributed by atoms with Crippen LogP contribution in [0.2, 0.25) is 0 Å². The summed E-state index contributed by atoms with van der Waals surface area (Å²) in [7, 11) is -3.65. The van der Waals surface area contributed by atoms with Crippen LogP contribution in [0.5, 0.6) is 0 Å². The number of carboxylic acids is 1. The highest BCUT2D eigenvalue weighted by molar-refractivity contribution is 14.1. The molecule has 0 aliphatic carbocycles. The predicted molar refractivity (Wildman–Crippen MR) is 75.8 cm³/mol. The van der Waals surface area contributed by atoms with Gasteiger partial charge in [-0.15, -0.1) is 0 Å². The number of aliphatic carboxylic acids is 1. The highest BCUT2D eigenvalue weighted by atomic mass is 127. The van der Waals surface area contributed by atoms with Crippen LogP contribution in [0, 0.1) is 3.57 Å². The Kier molecular flexibility index (Phi) is 5.54. The summed E-state index contributed by atoms with van der Waals surface area (Å²) in [4.78, 5) is 10.7. The minimum atomic E-state index is -3.65. The molecule has 1 aromatic carbocycles. The first-order valence-corrected chi connectivity index (χ1v) is 7.91. The minimum Gasteiger partial charge on any atom is -0.481 e. The SMILES string of the molecule is CCC(CC(=O)O)NS(=O)(=O)c1ccc(I)cc1. The summed E-state index contributed by atoms with van der Waals surface area (Å²) < 4.78 is 27.3. The highest BCUT2D eigenvalue weighted by Gasteiger charge is 2.20. The van der Waals surface area contributed by atoms with Gasteiger partial charge in [-0.1, -0.05) is 6.92 Å². The first-order chi connectivity index (χ1) is 8.35. The predicted octanol–water partition coefficient (Wildman–Crippen LogP) is 1.82. The van der Waals surface area contributed by atoms with Crippen molar-refractivity contribution in [1.29, 1.82) is 0 Å². The second kappa shape index (κ2) is 6.48. The lowest BCUT2D eigenvalue weighted by Gasteiger charge is -2.15. The number of sulfonamides is 1. The van der Waals surface area contributed by atoms with Gasteiger partial charge in [0.05, 0.1) is 11.3 Å². The van der Waals surface area contributed by atoms with Crippen molar-refractivity contribution in [1.82, 2.24) is 4.72 Å².